The Balaban J connectivity index is 1.71. The quantitative estimate of drug-likeness (QED) is 0.673. The summed E-state index contributed by atoms with van der Waals surface area (Å²) < 4.78 is 28.6. The highest BCUT2D eigenvalue weighted by Crippen LogP contribution is 2.48. The minimum Gasteiger partial charge on any atom is -0.338 e. The number of hydrogen-bond donors (Lipinski definition) is 0. The molecule has 1 aliphatic rings. The summed E-state index contributed by atoms with van der Waals surface area (Å²) in [4.78, 5) is 6.15. The van der Waals surface area contributed by atoms with E-state index in [2.05, 4.69) is 15.2 Å². The molecule has 0 bridgehead atoms. The molecule has 27 heavy (non-hydrogen) atoms. The number of nitrogens with zero attached hydrogens (tertiary/aromatic N) is 5. The molecule has 1 aliphatic carbocycles. The first-order valence-electron chi connectivity index (χ1n) is 8.43. The SMILES string of the molecule is CN(c1nnc(-c2cc(C#N)ccc2F)s1)C1(c2ncccc2F)CCC1. The number of aromatic nitrogens is 3. The van der Waals surface area contributed by atoms with Gasteiger partial charge in [0.25, 0.3) is 0 Å². The minimum absolute atomic E-state index is 0.234. The molecule has 0 amide bonds. The molecule has 0 atom stereocenters. The van der Waals surface area contributed by atoms with Gasteiger partial charge in [0.05, 0.1) is 17.2 Å². The Hall–Kier alpha value is -2.92. The first-order valence-corrected chi connectivity index (χ1v) is 9.25. The van der Waals surface area contributed by atoms with E-state index in [4.69, 9.17) is 5.26 Å². The van der Waals surface area contributed by atoms with Gasteiger partial charge >= 0.3 is 0 Å². The Labute approximate surface area is 158 Å². The van der Waals surface area contributed by atoms with Gasteiger partial charge in [0.2, 0.25) is 5.13 Å². The van der Waals surface area contributed by atoms with Crippen molar-refractivity contribution >= 4 is 16.5 Å². The summed E-state index contributed by atoms with van der Waals surface area (Å²) >= 11 is 1.21. The van der Waals surface area contributed by atoms with Crippen LogP contribution in [-0.2, 0) is 5.54 Å². The van der Waals surface area contributed by atoms with Crippen LogP contribution in [0.2, 0.25) is 0 Å². The van der Waals surface area contributed by atoms with Gasteiger partial charge in [0.1, 0.15) is 17.3 Å². The summed E-state index contributed by atoms with van der Waals surface area (Å²) in [6.07, 6.45) is 4.06. The van der Waals surface area contributed by atoms with Gasteiger partial charge in [-0.1, -0.05) is 11.3 Å². The van der Waals surface area contributed by atoms with Gasteiger partial charge in [-0.25, -0.2) is 8.78 Å². The van der Waals surface area contributed by atoms with E-state index in [9.17, 15) is 8.78 Å². The molecule has 3 aromatic rings. The highest BCUT2D eigenvalue weighted by Gasteiger charge is 2.46. The van der Waals surface area contributed by atoms with Crippen molar-refractivity contribution in [3.63, 3.8) is 0 Å². The predicted octanol–water partition coefficient (Wildman–Crippen LogP) is 4.27. The van der Waals surface area contributed by atoms with Crippen LogP contribution in [0.1, 0.15) is 30.5 Å². The van der Waals surface area contributed by atoms with Crippen molar-refractivity contribution in [1.82, 2.24) is 15.2 Å². The maximum Gasteiger partial charge on any atom is 0.209 e. The lowest BCUT2D eigenvalue weighted by Crippen LogP contribution is -2.50. The van der Waals surface area contributed by atoms with E-state index in [0.717, 1.165) is 19.3 Å². The highest BCUT2D eigenvalue weighted by atomic mass is 32.1. The first kappa shape index (κ1) is 17.5. The fraction of sp³-hybridized carbons (Fsp3) is 0.263. The van der Waals surface area contributed by atoms with Crippen molar-refractivity contribution in [1.29, 1.82) is 5.26 Å². The second-order valence-electron chi connectivity index (χ2n) is 6.47. The Kier molecular flexibility index (Phi) is 4.32. The summed E-state index contributed by atoms with van der Waals surface area (Å²) in [6, 6.07) is 9.09. The largest absolute Gasteiger partial charge is 0.338 e. The molecule has 0 N–H and O–H groups in total. The van der Waals surface area contributed by atoms with Crippen LogP contribution in [0.3, 0.4) is 0 Å². The van der Waals surface area contributed by atoms with Crippen LogP contribution in [0.25, 0.3) is 10.6 Å². The van der Waals surface area contributed by atoms with Gasteiger partial charge in [-0.3, -0.25) is 4.98 Å². The Bertz CT molecular complexity index is 1040. The van der Waals surface area contributed by atoms with Crippen molar-refractivity contribution in [3.05, 3.63) is 59.4 Å². The average Bonchev–Trinajstić information content (AvgIpc) is 3.12. The summed E-state index contributed by atoms with van der Waals surface area (Å²) in [5.74, 6) is -0.810. The predicted molar refractivity (Wildman–Crippen MR) is 98.1 cm³/mol. The van der Waals surface area contributed by atoms with E-state index < -0.39 is 11.4 Å². The third-order valence-electron chi connectivity index (χ3n) is 5.05. The normalized spacial score (nSPS) is 15.0. The van der Waals surface area contributed by atoms with Crippen LogP contribution in [0, 0.1) is 23.0 Å². The van der Waals surface area contributed by atoms with Gasteiger partial charge in [0.15, 0.2) is 5.01 Å². The Morgan fingerprint density at radius 1 is 1.19 bits per heavy atom. The molecule has 0 spiro atoms. The van der Waals surface area contributed by atoms with Gasteiger partial charge in [0, 0.05) is 18.8 Å². The van der Waals surface area contributed by atoms with Crippen LogP contribution in [0.5, 0.6) is 0 Å². The molecule has 136 valence electrons. The summed E-state index contributed by atoms with van der Waals surface area (Å²) in [5.41, 5.74) is 0.406. The lowest BCUT2D eigenvalue weighted by atomic mass is 9.73. The third-order valence-corrected chi connectivity index (χ3v) is 6.08. The number of hydrogen-bond acceptors (Lipinski definition) is 6. The van der Waals surface area contributed by atoms with E-state index in [1.54, 1.807) is 12.3 Å². The van der Waals surface area contributed by atoms with Gasteiger partial charge in [-0.05, 0) is 49.6 Å². The Morgan fingerprint density at radius 3 is 2.67 bits per heavy atom. The fourth-order valence-electron chi connectivity index (χ4n) is 3.37. The molecule has 4 rings (SSSR count). The minimum atomic E-state index is -0.574. The van der Waals surface area contributed by atoms with Crippen LogP contribution in [0.15, 0.2) is 36.5 Å². The molecule has 0 radical (unpaired) electrons. The second-order valence-corrected chi connectivity index (χ2v) is 7.43. The zero-order valence-electron chi connectivity index (χ0n) is 14.5. The average molecular weight is 383 g/mol. The van der Waals surface area contributed by atoms with E-state index in [1.165, 1.54) is 35.6 Å². The Morgan fingerprint density at radius 2 is 2.00 bits per heavy atom. The van der Waals surface area contributed by atoms with Gasteiger partial charge in [-0.15, -0.1) is 10.2 Å². The smallest absolute Gasteiger partial charge is 0.209 e. The van der Waals surface area contributed by atoms with Crippen LogP contribution >= 0.6 is 11.3 Å². The maximum absolute atomic E-state index is 14.4. The number of pyridine rings is 1. The fourth-order valence-corrected chi connectivity index (χ4v) is 4.29. The number of rotatable bonds is 4. The molecule has 1 fully saturated rings. The topological polar surface area (TPSA) is 65.7 Å². The zero-order chi connectivity index (χ0) is 19.0. The first-order chi connectivity index (χ1) is 13.0. The van der Waals surface area contributed by atoms with E-state index >= 15 is 0 Å². The summed E-state index contributed by atoms with van der Waals surface area (Å²) in [7, 11) is 1.83. The standard InChI is InChI=1S/C19H15F2N5S/c1-26(19(7-3-8-19)16-15(21)4-2-9-23-16)18-25-24-17(27-18)13-10-12(11-22)5-6-14(13)20/h2,4-6,9-10H,3,7-8H2,1H3. The molecule has 0 unspecified atom stereocenters. The molecule has 2 aromatic heterocycles. The number of benzene rings is 1. The third kappa shape index (κ3) is 2.84. The summed E-state index contributed by atoms with van der Waals surface area (Å²) in [5, 5.41) is 18.2. The van der Waals surface area contributed by atoms with E-state index in [0.29, 0.717) is 21.4 Å². The van der Waals surface area contributed by atoms with Crippen molar-refractivity contribution in [2.24, 2.45) is 0 Å². The summed E-state index contributed by atoms with van der Waals surface area (Å²) in [6.45, 7) is 0. The van der Waals surface area contributed by atoms with Gasteiger partial charge in [-0.2, -0.15) is 5.26 Å². The van der Waals surface area contributed by atoms with E-state index in [1.807, 2.05) is 18.0 Å². The number of halogens is 2. The van der Waals surface area contributed by atoms with Crippen LogP contribution < -0.4 is 4.90 Å². The van der Waals surface area contributed by atoms with Gasteiger partial charge < -0.3 is 4.90 Å². The van der Waals surface area contributed by atoms with Crippen molar-refractivity contribution in [2.45, 2.75) is 24.8 Å². The number of anilines is 1. The monoisotopic (exact) mass is 383 g/mol. The van der Waals surface area contributed by atoms with Crippen molar-refractivity contribution < 1.29 is 8.78 Å². The molecule has 1 saturated carbocycles. The molecule has 1 aromatic carbocycles. The molecule has 0 aliphatic heterocycles. The molecular weight excluding hydrogens is 368 g/mol. The molecule has 5 nitrogen and oxygen atoms in total. The second kappa shape index (κ2) is 6.67. The lowest BCUT2D eigenvalue weighted by molar-refractivity contribution is 0.225. The maximum atomic E-state index is 14.4. The van der Waals surface area contributed by atoms with E-state index in [-0.39, 0.29) is 11.4 Å². The molecule has 0 saturated heterocycles. The zero-order valence-corrected chi connectivity index (χ0v) is 15.3. The number of nitriles is 1. The molecular formula is C19H15F2N5S. The van der Waals surface area contributed by atoms with Crippen molar-refractivity contribution in [3.8, 4) is 16.6 Å². The van der Waals surface area contributed by atoms with Crippen LogP contribution in [0.4, 0.5) is 13.9 Å². The molecule has 2 heterocycles. The van der Waals surface area contributed by atoms with Crippen LogP contribution in [-0.4, -0.2) is 22.2 Å². The van der Waals surface area contributed by atoms with Crippen molar-refractivity contribution in [2.75, 3.05) is 11.9 Å². The lowest BCUT2D eigenvalue weighted by Gasteiger charge is -2.47. The molecule has 8 heteroatoms. The highest BCUT2D eigenvalue weighted by molar-refractivity contribution is 7.18.